The van der Waals surface area contributed by atoms with E-state index in [9.17, 15) is 4.79 Å². The lowest BCUT2D eigenvalue weighted by Crippen LogP contribution is -2.38. The van der Waals surface area contributed by atoms with Crippen molar-refractivity contribution in [2.45, 2.75) is 19.0 Å². The average Bonchev–Trinajstić information content (AvgIpc) is 2.93. The number of thiophene rings is 1. The third-order valence-electron chi connectivity index (χ3n) is 4.38. The molecule has 0 unspecified atom stereocenters. The number of rotatable bonds is 2. The molecule has 7 heteroatoms. The fourth-order valence-corrected chi connectivity index (χ4v) is 4.36. The highest BCUT2D eigenvalue weighted by molar-refractivity contribution is 7.19. The van der Waals surface area contributed by atoms with E-state index in [1.165, 1.54) is 4.88 Å². The lowest BCUT2D eigenvalue weighted by molar-refractivity contribution is -0.143. The Bertz CT molecular complexity index is 749. The molecule has 2 aromatic heterocycles. The van der Waals surface area contributed by atoms with Crippen LogP contribution >= 0.6 is 11.3 Å². The quantitative estimate of drug-likeness (QED) is 0.890. The second-order valence-electron chi connectivity index (χ2n) is 5.64. The Labute approximate surface area is 131 Å². The number of likely N-dealkylation sites (tertiary alicyclic amines) is 1. The van der Waals surface area contributed by atoms with Gasteiger partial charge in [0.2, 0.25) is 0 Å². The lowest BCUT2D eigenvalue weighted by atomic mass is 9.96. The summed E-state index contributed by atoms with van der Waals surface area (Å²) in [6, 6.07) is 4.01. The fourth-order valence-electron chi connectivity index (χ4n) is 3.17. The summed E-state index contributed by atoms with van der Waals surface area (Å²) in [6.07, 6.45) is 4.90. The van der Waals surface area contributed by atoms with E-state index in [0.29, 0.717) is 12.8 Å². The number of aromatic nitrogens is 1. The average molecular weight is 316 g/mol. The fraction of sp³-hybridized carbons (Fsp3) is 0.400. The van der Waals surface area contributed by atoms with Gasteiger partial charge < -0.3 is 10.4 Å². The van der Waals surface area contributed by atoms with Gasteiger partial charge in [0.05, 0.1) is 22.8 Å². The zero-order valence-corrected chi connectivity index (χ0v) is 12.7. The summed E-state index contributed by atoms with van der Waals surface area (Å²) < 4.78 is 0. The maximum atomic E-state index is 11.1. The number of aliphatic imine (C=N–C) groups is 1. The van der Waals surface area contributed by atoms with Crippen molar-refractivity contribution in [3.8, 4) is 0 Å². The van der Waals surface area contributed by atoms with Gasteiger partial charge >= 0.3 is 5.97 Å². The predicted octanol–water partition coefficient (Wildman–Crippen LogP) is 2.55. The molecule has 2 aliphatic heterocycles. The molecule has 0 saturated carbocycles. The highest BCUT2D eigenvalue weighted by Gasteiger charge is 2.32. The van der Waals surface area contributed by atoms with Crippen LogP contribution in [0, 0.1) is 5.92 Å². The van der Waals surface area contributed by atoms with Crippen molar-refractivity contribution in [1.29, 1.82) is 0 Å². The number of carboxylic acid groups (broad SMARTS) is 1. The van der Waals surface area contributed by atoms with Gasteiger partial charge in [0.25, 0.3) is 0 Å². The Hall–Kier alpha value is -1.99. The van der Waals surface area contributed by atoms with Crippen molar-refractivity contribution in [2.75, 3.05) is 18.4 Å². The minimum Gasteiger partial charge on any atom is -0.481 e. The molecule has 4 heterocycles. The van der Waals surface area contributed by atoms with Crippen LogP contribution in [0.1, 0.15) is 23.9 Å². The van der Waals surface area contributed by atoms with Gasteiger partial charge in [0, 0.05) is 24.7 Å². The van der Waals surface area contributed by atoms with E-state index in [-0.39, 0.29) is 12.1 Å². The molecule has 2 aromatic rings. The van der Waals surface area contributed by atoms with E-state index in [4.69, 9.17) is 5.11 Å². The Morgan fingerprint density at radius 1 is 1.41 bits per heavy atom. The molecular weight excluding hydrogens is 300 g/mol. The van der Waals surface area contributed by atoms with Crippen molar-refractivity contribution in [1.82, 2.24) is 9.88 Å². The number of aliphatic carboxylic acids is 1. The molecule has 1 atom stereocenters. The van der Waals surface area contributed by atoms with Crippen LogP contribution in [0.25, 0.3) is 10.2 Å². The van der Waals surface area contributed by atoms with Crippen molar-refractivity contribution >= 4 is 39.5 Å². The number of anilines is 1. The molecule has 2 N–H and O–H groups in total. The summed E-state index contributed by atoms with van der Waals surface area (Å²) in [5.74, 6) is -0.897. The van der Waals surface area contributed by atoms with Crippen molar-refractivity contribution in [3.63, 3.8) is 0 Å². The van der Waals surface area contributed by atoms with Crippen LogP contribution in [0.4, 0.5) is 5.69 Å². The first-order valence-corrected chi connectivity index (χ1v) is 8.18. The smallest absolute Gasteiger partial charge is 0.306 e. The van der Waals surface area contributed by atoms with Gasteiger partial charge in [-0.05, 0) is 25.0 Å². The lowest BCUT2D eigenvalue weighted by Gasteiger charge is -2.35. The topological polar surface area (TPSA) is 77.8 Å². The SMILES string of the molecule is O=C(O)C1CCN([C@H]2N=CNc3c2sc2ncccc32)CC1. The largest absolute Gasteiger partial charge is 0.481 e. The van der Waals surface area contributed by atoms with E-state index in [1.807, 2.05) is 6.07 Å². The zero-order chi connectivity index (χ0) is 15.1. The van der Waals surface area contributed by atoms with E-state index < -0.39 is 5.97 Å². The van der Waals surface area contributed by atoms with E-state index >= 15 is 0 Å². The van der Waals surface area contributed by atoms with Crippen molar-refractivity contribution in [3.05, 3.63) is 23.2 Å². The number of carbonyl (C=O) groups is 1. The van der Waals surface area contributed by atoms with Crippen LogP contribution in [0.3, 0.4) is 0 Å². The van der Waals surface area contributed by atoms with Crippen molar-refractivity contribution in [2.24, 2.45) is 10.9 Å². The molecule has 0 bridgehead atoms. The second-order valence-corrected chi connectivity index (χ2v) is 6.67. The number of carboxylic acids is 1. The highest BCUT2D eigenvalue weighted by atomic mass is 32.1. The molecule has 1 saturated heterocycles. The van der Waals surface area contributed by atoms with Gasteiger partial charge in [-0.2, -0.15) is 0 Å². The molecule has 6 nitrogen and oxygen atoms in total. The van der Waals surface area contributed by atoms with Crippen LogP contribution in [-0.2, 0) is 4.79 Å². The van der Waals surface area contributed by atoms with Crippen molar-refractivity contribution < 1.29 is 9.90 Å². The third kappa shape index (κ3) is 2.17. The second kappa shape index (κ2) is 5.33. The summed E-state index contributed by atoms with van der Waals surface area (Å²) in [5, 5.41) is 13.5. The number of fused-ring (bicyclic) bond motifs is 3. The number of pyridine rings is 1. The normalized spacial score (nSPS) is 22.5. The van der Waals surface area contributed by atoms with Crippen LogP contribution in [-0.4, -0.2) is 40.4 Å². The Morgan fingerprint density at radius 2 is 2.23 bits per heavy atom. The van der Waals surface area contributed by atoms with E-state index in [1.54, 1.807) is 23.9 Å². The van der Waals surface area contributed by atoms with E-state index in [2.05, 4.69) is 26.3 Å². The molecule has 4 rings (SSSR count). The monoisotopic (exact) mass is 316 g/mol. The summed E-state index contributed by atoms with van der Waals surface area (Å²) in [7, 11) is 0. The summed E-state index contributed by atoms with van der Waals surface area (Å²) in [4.78, 5) is 24.6. The van der Waals surface area contributed by atoms with Gasteiger partial charge in [0.15, 0.2) is 0 Å². The third-order valence-corrected chi connectivity index (χ3v) is 5.53. The van der Waals surface area contributed by atoms with Gasteiger partial charge in [-0.3, -0.25) is 14.7 Å². The number of nitrogens with zero attached hydrogens (tertiary/aromatic N) is 3. The number of piperidine rings is 1. The van der Waals surface area contributed by atoms with Crippen LogP contribution in [0.5, 0.6) is 0 Å². The predicted molar refractivity (Wildman–Crippen MR) is 86.4 cm³/mol. The first-order chi connectivity index (χ1) is 10.7. The van der Waals surface area contributed by atoms with Gasteiger partial charge in [-0.15, -0.1) is 11.3 Å². The maximum Gasteiger partial charge on any atom is 0.306 e. The minimum absolute atomic E-state index is 0.0230. The molecule has 0 amide bonds. The highest BCUT2D eigenvalue weighted by Crippen LogP contribution is 2.43. The summed E-state index contributed by atoms with van der Waals surface area (Å²) in [5.41, 5.74) is 1.09. The molecule has 0 radical (unpaired) electrons. The van der Waals surface area contributed by atoms with Gasteiger partial charge in [-0.25, -0.2) is 4.98 Å². The van der Waals surface area contributed by atoms with Crippen LogP contribution in [0.15, 0.2) is 23.3 Å². The molecule has 0 spiro atoms. The number of nitrogens with one attached hydrogen (secondary N) is 1. The summed E-state index contributed by atoms with van der Waals surface area (Å²) >= 11 is 1.66. The Balaban J connectivity index is 1.63. The molecule has 1 fully saturated rings. The maximum absolute atomic E-state index is 11.1. The molecule has 114 valence electrons. The van der Waals surface area contributed by atoms with Gasteiger partial charge in [-0.1, -0.05) is 0 Å². The first kappa shape index (κ1) is 13.7. The number of hydrogen-bond acceptors (Lipinski definition) is 6. The van der Waals surface area contributed by atoms with Crippen LogP contribution < -0.4 is 5.32 Å². The van der Waals surface area contributed by atoms with Gasteiger partial charge in [0.1, 0.15) is 11.0 Å². The molecule has 2 aliphatic rings. The minimum atomic E-state index is -0.680. The standard InChI is InChI=1S/C15H16N4O2S/c20-15(21)9-3-6-19(7-4-9)13-12-11(17-8-18-13)10-2-1-5-16-14(10)22-12/h1-2,5,8-9,13H,3-4,6-7H2,(H,17,18)(H,20,21)/t13-/m1/s1. The first-order valence-electron chi connectivity index (χ1n) is 7.36. The Morgan fingerprint density at radius 3 is 3.00 bits per heavy atom. The van der Waals surface area contributed by atoms with E-state index in [0.717, 1.165) is 29.0 Å². The molecule has 0 aromatic carbocycles. The Kier molecular flexibility index (Phi) is 3.31. The van der Waals surface area contributed by atoms with Crippen LogP contribution in [0.2, 0.25) is 0 Å². The number of hydrogen-bond donors (Lipinski definition) is 2. The molecule has 0 aliphatic carbocycles. The molecule has 22 heavy (non-hydrogen) atoms. The molecular formula is C15H16N4O2S. The summed E-state index contributed by atoms with van der Waals surface area (Å²) in [6.45, 7) is 1.53. The zero-order valence-electron chi connectivity index (χ0n) is 11.9.